The maximum absolute atomic E-state index is 12.7. The molecule has 1 aromatic heterocycles. The van der Waals surface area contributed by atoms with E-state index in [2.05, 4.69) is 5.32 Å². The molecule has 9 heteroatoms. The molecule has 1 aliphatic rings. The summed E-state index contributed by atoms with van der Waals surface area (Å²) >= 11 is 0. The summed E-state index contributed by atoms with van der Waals surface area (Å²) in [5.74, 6) is -1.90. The number of carboxylic acids is 1. The molecule has 3 N–H and O–H groups in total. The van der Waals surface area contributed by atoms with E-state index in [-0.39, 0.29) is 24.2 Å². The first-order valence-electron chi connectivity index (χ1n) is 8.59. The molecule has 146 valence electrons. The van der Waals surface area contributed by atoms with Crippen molar-refractivity contribution in [1.82, 2.24) is 14.8 Å². The standard InChI is InChI=1S/C19H19N3O6/c1-20-16(23)15-7-13(18(25)26)10-22(17(15)24)9-12-4-2-3-11-8-21(19(27)28)6-5-14(11)12/h2-4,7,10H,5-6,8-9H2,1H3,(H,20,23)(H,25,26)(H,27,28). The maximum atomic E-state index is 12.7. The Labute approximate surface area is 159 Å². The summed E-state index contributed by atoms with van der Waals surface area (Å²) < 4.78 is 1.20. The molecule has 1 aromatic carbocycles. The second-order valence-corrected chi connectivity index (χ2v) is 6.47. The Morgan fingerprint density at radius 2 is 1.96 bits per heavy atom. The lowest BCUT2D eigenvalue weighted by Gasteiger charge is -2.28. The third-order valence-corrected chi connectivity index (χ3v) is 4.78. The Kier molecular flexibility index (Phi) is 5.16. The molecule has 0 saturated carbocycles. The second kappa shape index (κ2) is 7.55. The Bertz CT molecular complexity index is 1030. The predicted octanol–water partition coefficient (Wildman–Crippen LogP) is 0.991. The van der Waals surface area contributed by atoms with Gasteiger partial charge >= 0.3 is 12.1 Å². The maximum Gasteiger partial charge on any atom is 0.407 e. The molecule has 2 heterocycles. The van der Waals surface area contributed by atoms with Crippen LogP contribution in [-0.4, -0.2) is 51.2 Å². The van der Waals surface area contributed by atoms with Crippen LogP contribution >= 0.6 is 0 Å². The largest absolute Gasteiger partial charge is 0.478 e. The van der Waals surface area contributed by atoms with Crippen LogP contribution in [0.25, 0.3) is 0 Å². The number of nitrogens with zero attached hydrogens (tertiary/aromatic N) is 2. The van der Waals surface area contributed by atoms with Gasteiger partial charge < -0.3 is 25.0 Å². The zero-order chi connectivity index (χ0) is 20.4. The van der Waals surface area contributed by atoms with E-state index in [9.17, 15) is 29.4 Å². The summed E-state index contributed by atoms with van der Waals surface area (Å²) in [7, 11) is 1.36. The van der Waals surface area contributed by atoms with Crippen molar-refractivity contribution < 1.29 is 24.6 Å². The van der Waals surface area contributed by atoms with E-state index < -0.39 is 23.5 Å². The molecule has 0 unspecified atom stereocenters. The van der Waals surface area contributed by atoms with E-state index in [1.54, 1.807) is 6.07 Å². The van der Waals surface area contributed by atoms with Gasteiger partial charge in [0.2, 0.25) is 0 Å². The lowest BCUT2D eigenvalue weighted by atomic mass is 9.94. The third kappa shape index (κ3) is 3.59. The van der Waals surface area contributed by atoms with E-state index in [1.165, 1.54) is 22.7 Å². The molecule has 28 heavy (non-hydrogen) atoms. The lowest BCUT2D eigenvalue weighted by Crippen LogP contribution is -2.36. The summed E-state index contributed by atoms with van der Waals surface area (Å²) in [6, 6.07) is 6.48. The summed E-state index contributed by atoms with van der Waals surface area (Å²) in [6.45, 7) is 0.680. The zero-order valence-electron chi connectivity index (χ0n) is 15.1. The van der Waals surface area contributed by atoms with Gasteiger partial charge in [0.25, 0.3) is 11.5 Å². The highest BCUT2D eigenvalue weighted by Crippen LogP contribution is 2.23. The smallest absolute Gasteiger partial charge is 0.407 e. The average molecular weight is 385 g/mol. The van der Waals surface area contributed by atoms with Crippen molar-refractivity contribution >= 4 is 18.0 Å². The number of hydrogen-bond donors (Lipinski definition) is 3. The van der Waals surface area contributed by atoms with Crippen molar-refractivity contribution in [2.75, 3.05) is 13.6 Å². The number of carboxylic acid groups (broad SMARTS) is 2. The first kappa shape index (κ1) is 19.2. The number of fused-ring (bicyclic) bond motifs is 1. The van der Waals surface area contributed by atoms with E-state index in [1.807, 2.05) is 12.1 Å². The minimum atomic E-state index is -1.24. The number of aromatic carboxylic acids is 1. The zero-order valence-corrected chi connectivity index (χ0v) is 15.1. The Morgan fingerprint density at radius 3 is 2.61 bits per heavy atom. The normalized spacial score (nSPS) is 13.0. The number of hydrogen-bond acceptors (Lipinski definition) is 4. The first-order chi connectivity index (χ1) is 13.3. The summed E-state index contributed by atoms with van der Waals surface area (Å²) in [5, 5.41) is 20.8. The van der Waals surface area contributed by atoms with Gasteiger partial charge in [-0.15, -0.1) is 0 Å². The van der Waals surface area contributed by atoms with Crippen molar-refractivity contribution in [3.05, 3.63) is 68.6 Å². The SMILES string of the molecule is CNC(=O)c1cc(C(=O)O)cn(Cc2cccc3c2CCN(C(=O)O)C3)c1=O. The molecular formula is C19H19N3O6. The minimum absolute atomic E-state index is 0.0835. The number of pyridine rings is 1. The molecule has 0 aliphatic carbocycles. The van der Waals surface area contributed by atoms with E-state index in [0.29, 0.717) is 13.0 Å². The summed E-state index contributed by atoms with van der Waals surface area (Å²) in [6.07, 6.45) is 0.716. The van der Waals surface area contributed by atoms with Crippen molar-refractivity contribution in [1.29, 1.82) is 0 Å². The topological polar surface area (TPSA) is 129 Å². The quantitative estimate of drug-likeness (QED) is 0.720. The van der Waals surface area contributed by atoms with Gasteiger partial charge in [0.15, 0.2) is 0 Å². The average Bonchev–Trinajstić information content (AvgIpc) is 2.68. The van der Waals surface area contributed by atoms with Crippen LogP contribution in [0.5, 0.6) is 0 Å². The number of benzene rings is 1. The molecule has 0 saturated heterocycles. The molecule has 3 rings (SSSR count). The monoisotopic (exact) mass is 385 g/mol. The van der Waals surface area contributed by atoms with Crippen LogP contribution in [0.15, 0.2) is 35.3 Å². The third-order valence-electron chi connectivity index (χ3n) is 4.78. The van der Waals surface area contributed by atoms with Crippen molar-refractivity contribution in [2.45, 2.75) is 19.5 Å². The second-order valence-electron chi connectivity index (χ2n) is 6.47. The van der Waals surface area contributed by atoms with Gasteiger partial charge in [-0.3, -0.25) is 9.59 Å². The molecule has 1 aliphatic heterocycles. The fraction of sp³-hybridized carbons (Fsp3) is 0.263. The van der Waals surface area contributed by atoms with Crippen LogP contribution in [0.1, 0.15) is 37.4 Å². The van der Waals surface area contributed by atoms with Crippen LogP contribution in [-0.2, 0) is 19.5 Å². The van der Waals surface area contributed by atoms with Crippen molar-refractivity contribution in [3.63, 3.8) is 0 Å². The van der Waals surface area contributed by atoms with Crippen LogP contribution < -0.4 is 10.9 Å². The van der Waals surface area contributed by atoms with Crippen LogP contribution in [0.2, 0.25) is 0 Å². The first-order valence-corrected chi connectivity index (χ1v) is 8.59. The Balaban J connectivity index is 2.03. The highest BCUT2D eigenvalue weighted by Gasteiger charge is 2.23. The van der Waals surface area contributed by atoms with Crippen molar-refractivity contribution in [2.24, 2.45) is 0 Å². The van der Waals surface area contributed by atoms with Crippen molar-refractivity contribution in [3.8, 4) is 0 Å². The van der Waals surface area contributed by atoms with Crippen LogP contribution in [0, 0.1) is 0 Å². The molecule has 2 amide bonds. The van der Waals surface area contributed by atoms with Crippen LogP contribution in [0.3, 0.4) is 0 Å². The fourth-order valence-electron chi connectivity index (χ4n) is 3.35. The van der Waals surface area contributed by atoms with Gasteiger partial charge in [-0.2, -0.15) is 0 Å². The Hall–Kier alpha value is -3.62. The van der Waals surface area contributed by atoms with E-state index in [0.717, 1.165) is 22.8 Å². The number of carbonyl (C=O) groups is 3. The van der Waals surface area contributed by atoms with E-state index in [4.69, 9.17) is 0 Å². The van der Waals surface area contributed by atoms with Crippen LogP contribution in [0.4, 0.5) is 4.79 Å². The van der Waals surface area contributed by atoms with Gasteiger partial charge in [-0.05, 0) is 29.2 Å². The van der Waals surface area contributed by atoms with Gasteiger partial charge in [0, 0.05) is 26.3 Å². The number of nitrogens with one attached hydrogen (secondary N) is 1. The number of amides is 2. The number of rotatable bonds is 4. The summed E-state index contributed by atoms with van der Waals surface area (Å²) in [4.78, 5) is 48.6. The summed E-state index contributed by atoms with van der Waals surface area (Å²) in [5.41, 5.74) is 1.57. The van der Waals surface area contributed by atoms with Gasteiger partial charge in [-0.25, -0.2) is 9.59 Å². The molecule has 2 aromatic rings. The highest BCUT2D eigenvalue weighted by atomic mass is 16.4. The molecule has 0 bridgehead atoms. The minimum Gasteiger partial charge on any atom is -0.478 e. The molecule has 9 nitrogen and oxygen atoms in total. The lowest BCUT2D eigenvalue weighted by molar-refractivity contribution is 0.0695. The fourth-order valence-corrected chi connectivity index (χ4v) is 3.35. The molecule has 0 radical (unpaired) electrons. The van der Waals surface area contributed by atoms with Gasteiger partial charge in [0.1, 0.15) is 5.56 Å². The van der Waals surface area contributed by atoms with E-state index >= 15 is 0 Å². The Morgan fingerprint density at radius 1 is 1.21 bits per heavy atom. The molecule has 0 atom stereocenters. The molecule has 0 fully saturated rings. The number of carbonyl (C=O) groups excluding carboxylic acids is 1. The number of aromatic nitrogens is 1. The van der Waals surface area contributed by atoms with Gasteiger partial charge in [0.05, 0.1) is 12.1 Å². The molecule has 0 spiro atoms. The molecular weight excluding hydrogens is 366 g/mol. The highest BCUT2D eigenvalue weighted by molar-refractivity contribution is 5.96. The van der Waals surface area contributed by atoms with Gasteiger partial charge in [-0.1, -0.05) is 18.2 Å². The predicted molar refractivity (Wildman–Crippen MR) is 98.7 cm³/mol.